The maximum atomic E-state index is 5.77. The van der Waals surface area contributed by atoms with Gasteiger partial charge in [-0.1, -0.05) is 18.2 Å². The quantitative estimate of drug-likeness (QED) is 0.614. The van der Waals surface area contributed by atoms with E-state index in [1.54, 1.807) is 0 Å². The lowest BCUT2D eigenvalue weighted by molar-refractivity contribution is 0.0380. The summed E-state index contributed by atoms with van der Waals surface area (Å²) in [6.45, 7) is 5.36. The van der Waals surface area contributed by atoms with Gasteiger partial charge in [0.2, 0.25) is 0 Å². The number of hydrogen-bond donors (Lipinski definition) is 2. The molecule has 0 amide bonds. The highest BCUT2D eigenvalue weighted by Crippen LogP contribution is 2.28. The monoisotopic (exact) mass is 250 g/mol. The van der Waals surface area contributed by atoms with Crippen LogP contribution in [0.25, 0.3) is 0 Å². The summed E-state index contributed by atoms with van der Waals surface area (Å²) in [7, 11) is 0. The largest absolute Gasteiger partial charge is 0.493 e. The second-order valence-electron chi connectivity index (χ2n) is 5.04. The molecular formula is C14H22N2O2. The van der Waals surface area contributed by atoms with E-state index in [-0.39, 0.29) is 12.1 Å². The Balaban J connectivity index is 1.98. The smallest absolute Gasteiger partial charge is 0.122 e. The highest BCUT2D eigenvalue weighted by Gasteiger charge is 2.27. The molecule has 3 N–H and O–H groups in total. The van der Waals surface area contributed by atoms with Crippen LogP contribution in [0.1, 0.15) is 19.4 Å². The van der Waals surface area contributed by atoms with Gasteiger partial charge in [0.1, 0.15) is 5.75 Å². The van der Waals surface area contributed by atoms with Crippen molar-refractivity contribution in [1.82, 2.24) is 5.43 Å². The molecule has 0 aromatic heterocycles. The molecule has 0 saturated heterocycles. The van der Waals surface area contributed by atoms with Crippen molar-refractivity contribution in [3.8, 4) is 5.75 Å². The molecule has 2 atom stereocenters. The first kappa shape index (κ1) is 13.3. The Hall–Kier alpha value is -1.10. The van der Waals surface area contributed by atoms with Gasteiger partial charge in [-0.25, -0.2) is 0 Å². The Kier molecular flexibility index (Phi) is 4.58. The first-order chi connectivity index (χ1) is 8.70. The van der Waals surface area contributed by atoms with E-state index < -0.39 is 0 Å². The summed E-state index contributed by atoms with van der Waals surface area (Å²) >= 11 is 0. The molecule has 0 spiro atoms. The van der Waals surface area contributed by atoms with Gasteiger partial charge in [-0.3, -0.25) is 11.3 Å². The van der Waals surface area contributed by atoms with Gasteiger partial charge in [0.25, 0.3) is 0 Å². The number of hydrogen-bond acceptors (Lipinski definition) is 4. The highest BCUT2D eigenvalue weighted by molar-refractivity contribution is 5.35. The molecule has 4 heteroatoms. The molecule has 0 aliphatic carbocycles. The standard InChI is InChI=1S/C14H22N2O2/c1-10(2)17-9-13(16-15)12-7-11-5-3-4-6-14(11)18-8-12/h3-6,10,12-13,16H,7-9,15H2,1-2H3. The van der Waals surface area contributed by atoms with Crippen molar-refractivity contribution in [2.75, 3.05) is 13.2 Å². The van der Waals surface area contributed by atoms with Crippen LogP contribution in [0.2, 0.25) is 0 Å². The topological polar surface area (TPSA) is 56.5 Å². The second-order valence-corrected chi connectivity index (χ2v) is 5.04. The minimum atomic E-state index is 0.126. The van der Waals surface area contributed by atoms with Crippen LogP contribution in [-0.4, -0.2) is 25.4 Å². The molecule has 0 fully saturated rings. The number of fused-ring (bicyclic) bond motifs is 1. The van der Waals surface area contributed by atoms with Gasteiger partial charge in [-0.2, -0.15) is 0 Å². The van der Waals surface area contributed by atoms with Crippen molar-refractivity contribution in [1.29, 1.82) is 0 Å². The van der Waals surface area contributed by atoms with Gasteiger partial charge in [-0.15, -0.1) is 0 Å². The maximum absolute atomic E-state index is 5.77. The van der Waals surface area contributed by atoms with E-state index in [0.717, 1.165) is 12.2 Å². The van der Waals surface area contributed by atoms with Crippen LogP contribution < -0.4 is 16.0 Å². The van der Waals surface area contributed by atoms with E-state index in [4.69, 9.17) is 15.3 Å². The lowest BCUT2D eigenvalue weighted by atomic mass is 9.91. The van der Waals surface area contributed by atoms with Gasteiger partial charge in [0.05, 0.1) is 25.4 Å². The van der Waals surface area contributed by atoms with Crippen molar-refractivity contribution in [3.63, 3.8) is 0 Å². The molecule has 1 heterocycles. The molecule has 2 rings (SSSR count). The molecule has 100 valence electrons. The number of nitrogens with two attached hydrogens (primary N) is 1. The van der Waals surface area contributed by atoms with Crippen LogP contribution in [0.15, 0.2) is 24.3 Å². The normalized spacial score (nSPS) is 20.3. The summed E-state index contributed by atoms with van der Waals surface area (Å²) in [6.07, 6.45) is 1.20. The van der Waals surface area contributed by atoms with Crippen molar-refractivity contribution >= 4 is 0 Å². The molecule has 0 radical (unpaired) electrons. The summed E-state index contributed by atoms with van der Waals surface area (Å²) in [5.74, 6) is 6.97. The molecule has 1 aromatic rings. The number of ether oxygens (including phenoxy) is 2. The van der Waals surface area contributed by atoms with Crippen LogP contribution in [0, 0.1) is 5.92 Å². The van der Waals surface area contributed by atoms with Crippen molar-refractivity contribution in [2.45, 2.75) is 32.4 Å². The van der Waals surface area contributed by atoms with E-state index in [0.29, 0.717) is 19.1 Å². The van der Waals surface area contributed by atoms with Crippen LogP contribution >= 0.6 is 0 Å². The summed E-state index contributed by atoms with van der Waals surface area (Å²) in [6, 6.07) is 8.29. The average molecular weight is 250 g/mol. The van der Waals surface area contributed by atoms with Crippen LogP contribution in [-0.2, 0) is 11.2 Å². The number of nitrogens with one attached hydrogen (secondary N) is 1. The summed E-state index contributed by atoms with van der Waals surface area (Å²) in [5.41, 5.74) is 4.10. The predicted octanol–water partition coefficient (Wildman–Crippen LogP) is 1.49. The Labute approximate surface area is 108 Å². The Morgan fingerprint density at radius 1 is 1.44 bits per heavy atom. The average Bonchev–Trinajstić information content (AvgIpc) is 2.39. The molecule has 4 nitrogen and oxygen atoms in total. The SMILES string of the molecule is CC(C)OCC(NN)C1COc2ccccc2C1. The van der Waals surface area contributed by atoms with Crippen LogP contribution in [0.4, 0.5) is 0 Å². The Morgan fingerprint density at radius 2 is 2.22 bits per heavy atom. The molecule has 18 heavy (non-hydrogen) atoms. The third-order valence-corrected chi connectivity index (χ3v) is 3.30. The van der Waals surface area contributed by atoms with E-state index >= 15 is 0 Å². The Morgan fingerprint density at radius 3 is 2.94 bits per heavy atom. The summed E-state index contributed by atoms with van der Waals surface area (Å²) < 4.78 is 11.4. The third kappa shape index (κ3) is 3.22. The van der Waals surface area contributed by atoms with Crippen molar-refractivity contribution in [2.24, 2.45) is 11.8 Å². The predicted molar refractivity (Wildman–Crippen MR) is 71.3 cm³/mol. The van der Waals surface area contributed by atoms with Gasteiger partial charge in [-0.05, 0) is 31.9 Å². The zero-order valence-corrected chi connectivity index (χ0v) is 11.1. The molecule has 0 bridgehead atoms. The Bertz CT molecular complexity index is 382. The molecule has 1 aliphatic rings. The van der Waals surface area contributed by atoms with Crippen LogP contribution in [0.3, 0.4) is 0 Å². The zero-order chi connectivity index (χ0) is 13.0. The van der Waals surface area contributed by atoms with Crippen molar-refractivity contribution < 1.29 is 9.47 Å². The van der Waals surface area contributed by atoms with E-state index in [1.807, 2.05) is 32.0 Å². The minimum Gasteiger partial charge on any atom is -0.493 e. The van der Waals surface area contributed by atoms with Crippen LogP contribution in [0.5, 0.6) is 5.75 Å². The first-order valence-electron chi connectivity index (χ1n) is 6.49. The van der Waals surface area contributed by atoms with Gasteiger partial charge in [0, 0.05) is 5.92 Å². The summed E-state index contributed by atoms with van der Waals surface area (Å²) in [5, 5.41) is 0. The third-order valence-electron chi connectivity index (χ3n) is 3.30. The number of para-hydroxylation sites is 1. The van der Waals surface area contributed by atoms with Gasteiger partial charge < -0.3 is 9.47 Å². The minimum absolute atomic E-state index is 0.126. The highest BCUT2D eigenvalue weighted by atomic mass is 16.5. The van der Waals surface area contributed by atoms with E-state index in [1.165, 1.54) is 5.56 Å². The van der Waals surface area contributed by atoms with Crippen molar-refractivity contribution in [3.05, 3.63) is 29.8 Å². The maximum Gasteiger partial charge on any atom is 0.122 e. The lowest BCUT2D eigenvalue weighted by Gasteiger charge is -2.31. The fraction of sp³-hybridized carbons (Fsp3) is 0.571. The molecular weight excluding hydrogens is 228 g/mol. The van der Waals surface area contributed by atoms with Gasteiger partial charge >= 0.3 is 0 Å². The van der Waals surface area contributed by atoms with E-state index in [2.05, 4.69) is 11.5 Å². The molecule has 1 aliphatic heterocycles. The molecule has 2 unspecified atom stereocenters. The lowest BCUT2D eigenvalue weighted by Crippen LogP contribution is -2.48. The number of hydrazine groups is 1. The molecule has 0 saturated carbocycles. The van der Waals surface area contributed by atoms with E-state index in [9.17, 15) is 0 Å². The number of rotatable bonds is 5. The number of benzene rings is 1. The zero-order valence-electron chi connectivity index (χ0n) is 11.1. The first-order valence-corrected chi connectivity index (χ1v) is 6.49. The molecule has 1 aromatic carbocycles. The van der Waals surface area contributed by atoms with Gasteiger partial charge in [0.15, 0.2) is 0 Å². The fourth-order valence-corrected chi connectivity index (χ4v) is 2.23. The summed E-state index contributed by atoms with van der Waals surface area (Å²) in [4.78, 5) is 0. The fourth-order valence-electron chi connectivity index (χ4n) is 2.23. The second kappa shape index (κ2) is 6.18.